The Labute approximate surface area is 92.4 Å². The van der Waals surface area contributed by atoms with E-state index in [1.54, 1.807) is 6.20 Å². The summed E-state index contributed by atoms with van der Waals surface area (Å²) >= 11 is 0. The summed E-state index contributed by atoms with van der Waals surface area (Å²) in [4.78, 5) is 18.3. The number of hydrogen-bond acceptors (Lipinski definition) is 7. The lowest BCUT2D eigenvalue weighted by atomic mass is 10.3. The molecule has 8 nitrogen and oxygen atoms in total. The van der Waals surface area contributed by atoms with Crippen LogP contribution >= 0.6 is 0 Å². The predicted octanol–water partition coefficient (Wildman–Crippen LogP) is -0.422. The zero-order valence-corrected chi connectivity index (χ0v) is 8.86. The molecular weight excluding hydrogens is 212 g/mol. The van der Waals surface area contributed by atoms with Crippen LogP contribution in [0, 0.1) is 6.92 Å². The van der Waals surface area contributed by atoms with Crippen LogP contribution in [-0.2, 0) is 4.74 Å². The Morgan fingerprint density at radius 3 is 3.00 bits per heavy atom. The van der Waals surface area contributed by atoms with Gasteiger partial charge in [0.2, 0.25) is 5.95 Å². The number of hydrogen-bond donors (Lipinski definition) is 4. The van der Waals surface area contributed by atoms with Gasteiger partial charge in [-0.15, -0.1) is 0 Å². The number of rotatable bonds is 5. The van der Waals surface area contributed by atoms with Gasteiger partial charge in [-0.25, -0.2) is 15.6 Å². The molecule has 8 heteroatoms. The molecule has 1 aromatic rings. The van der Waals surface area contributed by atoms with E-state index in [4.69, 9.17) is 11.6 Å². The number of nitrogens with zero attached hydrogens (tertiary/aromatic N) is 2. The Kier molecular flexibility index (Phi) is 4.28. The summed E-state index contributed by atoms with van der Waals surface area (Å²) in [7, 11) is 0. The van der Waals surface area contributed by atoms with E-state index in [-0.39, 0.29) is 6.61 Å². The van der Waals surface area contributed by atoms with Crippen molar-refractivity contribution in [2.75, 3.05) is 23.9 Å². The van der Waals surface area contributed by atoms with Gasteiger partial charge < -0.3 is 15.8 Å². The van der Waals surface area contributed by atoms with Crippen molar-refractivity contribution < 1.29 is 9.53 Å². The highest BCUT2D eigenvalue weighted by Gasteiger charge is 2.02. The SMILES string of the molecule is Cc1cnc(NN)nc1NCCOC(N)=O. The van der Waals surface area contributed by atoms with Crippen LogP contribution in [0.25, 0.3) is 0 Å². The van der Waals surface area contributed by atoms with Crippen molar-refractivity contribution >= 4 is 17.9 Å². The van der Waals surface area contributed by atoms with Crippen LogP contribution in [0.5, 0.6) is 0 Å². The van der Waals surface area contributed by atoms with Crippen molar-refractivity contribution in [3.8, 4) is 0 Å². The van der Waals surface area contributed by atoms with Crippen LogP contribution in [0.1, 0.15) is 5.56 Å². The lowest BCUT2D eigenvalue weighted by Gasteiger charge is -2.09. The largest absolute Gasteiger partial charge is 0.448 e. The van der Waals surface area contributed by atoms with E-state index >= 15 is 0 Å². The summed E-state index contributed by atoms with van der Waals surface area (Å²) < 4.78 is 4.55. The molecule has 0 unspecified atom stereocenters. The summed E-state index contributed by atoms with van der Waals surface area (Å²) in [6.45, 7) is 2.42. The lowest BCUT2D eigenvalue weighted by molar-refractivity contribution is 0.161. The van der Waals surface area contributed by atoms with Gasteiger partial charge >= 0.3 is 6.09 Å². The van der Waals surface area contributed by atoms with Crippen LogP contribution in [0.3, 0.4) is 0 Å². The summed E-state index contributed by atoms with van der Waals surface area (Å²) in [5.41, 5.74) is 8.00. The molecule has 6 N–H and O–H groups in total. The fraction of sp³-hybridized carbons (Fsp3) is 0.375. The standard InChI is InChI=1S/C8H14N6O2/c1-5-4-12-8(14-10)13-6(5)11-2-3-16-7(9)15/h4H,2-3,10H2,1H3,(H2,9,15)(H2,11,12,13,14). The van der Waals surface area contributed by atoms with Crippen molar-refractivity contribution in [2.45, 2.75) is 6.92 Å². The van der Waals surface area contributed by atoms with Crippen molar-refractivity contribution in [1.82, 2.24) is 9.97 Å². The molecule has 16 heavy (non-hydrogen) atoms. The molecule has 1 amide bonds. The minimum absolute atomic E-state index is 0.171. The van der Waals surface area contributed by atoms with Gasteiger partial charge in [0.05, 0.1) is 6.54 Å². The molecule has 1 aromatic heterocycles. The number of aromatic nitrogens is 2. The second kappa shape index (κ2) is 5.71. The fourth-order valence-electron chi connectivity index (χ4n) is 1.01. The smallest absolute Gasteiger partial charge is 0.404 e. The number of aryl methyl sites for hydroxylation is 1. The average Bonchev–Trinajstić information content (AvgIpc) is 2.26. The molecule has 0 saturated heterocycles. The van der Waals surface area contributed by atoms with E-state index in [1.807, 2.05) is 6.92 Å². The third kappa shape index (κ3) is 3.58. The number of nitrogen functional groups attached to an aromatic ring is 1. The summed E-state index contributed by atoms with van der Waals surface area (Å²) in [6, 6.07) is 0. The van der Waals surface area contributed by atoms with Gasteiger partial charge in [-0.1, -0.05) is 0 Å². The molecule has 0 atom stereocenters. The first-order valence-electron chi connectivity index (χ1n) is 4.60. The zero-order chi connectivity index (χ0) is 12.0. The molecule has 0 radical (unpaired) electrons. The molecule has 0 bridgehead atoms. The number of ether oxygens (including phenoxy) is 1. The van der Waals surface area contributed by atoms with Gasteiger partial charge in [-0.2, -0.15) is 4.98 Å². The molecule has 0 spiro atoms. The molecule has 1 rings (SSSR count). The van der Waals surface area contributed by atoms with Crippen molar-refractivity contribution in [3.05, 3.63) is 11.8 Å². The first-order chi connectivity index (χ1) is 7.63. The highest BCUT2D eigenvalue weighted by atomic mass is 16.5. The molecule has 1 heterocycles. The molecule has 0 aliphatic carbocycles. The maximum Gasteiger partial charge on any atom is 0.404 e. The Balaban J connectivity index is 2.49. The normalized spacial score (nSPS) is 9.62. The molecule has 0 aromatic carbocycles. The van der Waals surface area contributed by atoms with Crippen LogP contribution in [0.15, 0.2) is 6.20 Å². The Bertz CT molecular complexity index is 370. The molecule has 0 saturated carbocycles. The second-order valence-corrected chi connectivity index (χ2v) is 2.96. The predicted molar refractivity (Wildman–Crippen MR) is 58.6 cm³/mol. The van der Waals surface area contributed by atoms with Gasteiger partial charge in [-0.3, -0.25) is 5.43 Å². The van der Waals surface area contributed by atoms with E-state index in [0.717, 1.165) is 5.56 Å². The first-order valence-corrected chi connectivity index (χ1v) is 4.60. The highest BCUT2D eigenvalue weighted by molar-refractivity contribution is 5.64. The van der Waals surface area contributed by atoms with E-state index in [0.29, 0.717) is 18.3 Å². The number of primary amides is 1. The quantitative estimate of drug-likeness (QED) is 0.305. The van der Waals surface area contributed by atoms with Gasteiger partial charge in [0, 0.05) is 11.8 Å². The maximum atomic E-state index is 10.3. The van der Waals surface area contributed by atoms with E-state index in [9.17, 15) is 4.79 Å². The molecule has 0 aliphatic rings. The molecule has 0 aliphatic heterocycles. The van der Waals surface area contributed by atoms with Crippen molar-refractivity contribution in [1.29, 1.82) is 0 Å². The monoisotopic (exact) mass is 226 g/mol. The molecule has 88 valence electrons. The van der Waals surface area contributed by atoms with Crippen LogP contribution < -0.4 is 22.3 Å². The number of carbonyl (C=O) groups excluding carboxylic acids is 1. The first kappa shape index (κ1) is 12.0. The van der Waals surface area contributed by atoms with Gasteiger partial charge in [-0.05, 0) is 6.92 Å². The number of hydrazine groups is 1. The van der Waals surface area contributed by atoms with Crippen LogP contribution in [-0.4, -0.2) is 29.2 Å². The Morgan fingerprint density at radius 1 is 1.62 bits per heavy atom. The topological polar surface area (TPSA) is 128 Å². The fourth-order valence-corrected chi connectivity index (χ4v) is 1.01. The van der Waals surface area contributed by atoms with E-state index in [1.165, 1.54) is 0 Å². The third-order valence-electron chi connectivity index (χ3n) is 1.74. The number of anilines is 2. The lowest BCUT2D eigenvalue weighted by Crippen LogP contribution is -2.19. The van der Waals surface area contributed by atoms with Crippen molar-refractivity contribution in [3.63, 3.8) is 0 Å². The molecular formula is C8H14N6O2. The van der Waals surface area contributed by atoms with Gasteiger partial charge in [0.15, 0.2) is 0 Å². The Morgan fingerprint density at radius 2 is 2.38 bits per heavy atom. The van der Waals surface area contributed by atoms with Crippen molar-refractivity contribution in [2.24, 2.45) is 11.6 Å². The number of nitrogens with two attached hydrogens (primary N) is 2. The van der Waals surface area contributed by atoms with E-state index in [2.05, 4.69) is 25.4 Å². The third-order valence-corrected chi connectivity index (χ3v) is 1.74. The van der Waals surface area contributed by atoms with E-state index < -0.39 is 6.09 Å². The zero-order valence-electron chi connectivity index (χ0n) is 8.86. The van der Waals surface area contributed by atoms with Crippen LogP contribution in [0.4, 0.5) is 16.6 Å². The molecule has 0 fully saturated rings. The highest BCUT2D eigenvalue weighted by Crippen LogP contribution is 2.11. The summed E-state index contributed by atoms with van der Waals surface area (Å²) in [6.07, 6.45) is 0.824. The minimum atomic E-state index is -0.800. The van der Waals surface area contributed by atoms with Crippen LogP contribution in [0.2, 0.25) is 0 Å². The number of carbonyl (C=O) groups is 1. The number of nitrogens with one attached hydrogen (secondary N) is 2. The maximum absolute atomic E-state index is 10.3. The van der Waals surface area contributed by atoms with Gasteiger partial charge in [0.1, 0.15) is 12.4 Å². The minimum Gasteiger partial charge on any atom is -0.448 e. The number of amides is 1. The average molecular weight is 226 g/mol. The second-order valence-electron chi connectivity index (χ2n) is 2.96. The Hall–Kier alpha value is -2.09. The summed E-state index contributed by atoms with van der Waals surface area (Å²) in [5, 5.41) is 2.96. The summed E-state index contributed by atoms with van der Waals surface area (Å²) in [5.74, 6) is 6.11. The van der Waals surface area contributed by atoms with Gasteiger partial charge in [0.25, 0.3) is 0 Å².